The number of aromatic hydroxyl groups is 1. The number of aliphatic hydroxyl groups is 1. The molecule has 0 unspecified atom stereocenters. The average Bonchev–Trinajstić information content (AvgIpc) is 2.85. The van der Waals surface area contributed by atoms with Gasteiger partial charge in [-0.3, -0.25) is 0 Å². The van der Waals surface area contributed by atoms with Crippen molar-refractivity contribution in [3.8, 4) is 5.75 Å². The van der Waals surface area contributed by atoms with Gasteiger partial charge in [0.1, 0.15) is 5.75 Å². The molecule has 0 amide bonds. The monoisotopic (exact) mass is 249 g/mol. The number of hydrogen-bond acceptors (Lipinski definition) is 4. The van der Waals surface area contributed by atoms with Crippen LogP contribution in [0.2, 0.25) is 0 Å². The molecule has 1 heterocycles. The highest BCUT2D eigenvalue weighted by molar-refractivity contribution is 5.31. The summed E-state index contributed by atoms with van der Waals surface area (Å²) in [6.07, 6.45) is 3.12. The Morgan fingerprint density at radius 3 is 2.44 bits per heavy atom. The zero-order valence-electron chi connectivity index (χ0n) is 10.7. The maximum atomic E-state index is 9.33. The van der Waals surface area contributed by atoms with Gasteiger partial charge in [-0.15, -0.1) is 0 Å². The second kappa shape index (κ2) is 7.47. The van der Waals surface area contributed by atoms with Crippen LogP contribution in [0.5, 0.6) is 5.75 Å². The molecule has 0 saturated carbocycles. The highest BCUT2D eigenvalue weighted by Gasteiger charge is 1.98. The first-order valence-corrected chi connectivity index (χ1v) is 5.63. The fourth-order valence-corrected chi connectivity index (χ4v) is 1.36. The Bertz CT molecular complexity index is 441. The van der Waals surface area contributed by atoms with Gasteiger partial charge < -0.3 is 20.1 Å². The van der Waals surface area contributed by atoms with Crippen LogP contribution in [0.3, 0.4) is 0 Å². The molecule has 0 radical (unpaired) electrons. The molecular weight excluding hydrogens is 230 g/mol. The second-order valence-corrected chi connectivity index (χ2v) is 4.10. The number of benzene rings is 1. The normalized spacial score (nSPS) is 10.0. The van der Waals surface area contributed by atoms with E-state index in [1.54, 1.807) is 12.3 Å². The average molecular weight is 249 g/mol. The number of para-hydroxylation sites is 1. The topological polar surface area (TPSA) is 72.4 Å². The molecule has 0 fully saturated rings. The number of nitrogens with one attached hydrogen (secondary N) is 1. The summed E-state index contributed by atoms with van der Waals surface area (Å²) < 4.78 is 0. The number of phenolic OH excluding ortho intramolecular Hbond substituents is 1. The first kappa shape index (κ1) is 14.2. The molecule has 98 valence electrons. The van der Waals surface area contributed by atoms with Gasteiger partial charge in [0.05, 0.1) is 24.8 Å². The van der Waals surface area contributed by atoms with Crippen LogP contribution >= 0.6 is 0 Å². The largest absolute Gasteiger partial charge is 0.508 e. The fraction of sp³-hybridized carbons (Fsp3) is 0.308. The first-order valence-electron chi connectivity index (χ1n) is 5.63. The van der Waals surface area contributed by atoms with Gasteiger partial charge in [-0.1, -0.05) is 18.2 Å². The van der Waals surface area contributed by atoms with Crippen molar-refractivity contribution in [2.75, 3.05) is 14.1 Å². The smallest absolute Gasteiger partial charge is 0.120 e. The Balaban J connectivity index is 0.000000199. The fourth-order valence-electron chi connectivity index (χ4n) is 1.36. The molecule has 18 heavy (non-hydrogen) atoms. The predicted octanol–water partition coefficient (Wildman–Crippen LogP) is 1.36. The number of aliphatic hydroxyl groups excluding tert-OH is 1. The predicted molar refractivity (Wildman–Crippen MR) is 70.0 cm³/mol. The number of nitrogens with zero attached hydrogens (tertiary/aromatic N) is 2. The van der Waals surface area contributed by atoms with E-state index in [0.717, 1.165) is 17.8 Å². The van der Waals surface area contributed by atoms with Crippen LogP contribution in [0.4, 0.5) is 0 Å². The Kier molecular flexibility index (Phi) is 5.90. The third-order valence-electron chi connectivity index (χ3n) is 2.20. The van der Waals surface area contributed by atoms with E-state index < -0.39 is 0 Å². The van der Waals surface area contributed by atoms with Crippen LogP contribution < -0.4 is 0 Å². The number of imidazole rings is 1. The molecule has 1 aromatic heterocycles. The van der Waals surface area contributed by atoms with Gasteiger partial charge in [-0.05, 0) is 20.2 Å². The lowest BCUT2D eigenvalue weighted by Gasteiger charge is -2.10. The van der Waals surface area contributed by atoms with E-state index in [2.05, 4.69) is 9.97 Å². The maximum absolute atomic E-state index is 9.33. The van der Waals surface area contributed by atoms with E-state index in [1.165, 1.54) is 6.33 Å². The molecule has 2 rings (SSSR count). The molecule has 0 spiro atoms. The van der Waals surface area contributed by atoms with Gasteiger partial charge in [0.25, 0.3) is 0 Å². The molecule has 5 heteroatoms. The third kappa shape index (κ3) is 4.99. The lowest BCUT2D eigenvalue weighted by atomic mass is 10.2. The van der Waals surface area contributed by atoms with Crippen LogP contribution in [0.15, 0.2) is 36.8 Å². The summed E-state index contributed by atoms with van der Waals surface area (Å²) in [6.45, 7) is 0.826. The van der Waals surface area contributed by atoms with Crippen molar-refractivity contribution in [3.05, 3.63) is 48.0 Å². The molecule has 0 aliphatic rings. The van der Waals surface area contributed by atoms with Crippen molar-refractivity contribution in [2.45, 2.75) is 13.2 Å². The van der Waals surface area contributed by atoms with Gasteiger partial charge >= 0.3 is 0 Å². The summed E-state index contributed by atoms with van der Waals surface area (Å²) in [7, 11) is 3.96. The second-order valence-electron chi connectivity index (χ2n) is 4.10. The van der Waals surface area contributed by atoms with Gasteiger partial charge in [0.2, 0.25) is 0 Å². The SMILES string of the molecule is CN(C)Cc1ccccc1O.OCc1cnc[nH]1. The zero-order valence-corrected chi connectivity index (χ0v) is 10.7. The Morgan fingerprint density at radius 1 is 1.28 bits per heavy atom. The van der Waals surface area contributed by atoms with E-state index in [1.807, 2.05) is 37.2 Å². The standard InChI is InChI=1S/C9H13NO.C4H6N2O/c1-10(2)7-8-5-3-4-6-9(8)11;7-2-4-1-5-3-6-4/h3-6,11H,7H2,1-2H3;1,3,7H,2H2,(H,5,6). The summed E-state index contributed by atoms with van der Waals surface area (Å²) >= 11 is 0. The van der Waals surface area contributed by atoms with Crippen molar-refractivity contribution < 1.29 is 10.2 Å². The van der Waals surface area contributed by atoms with E-state index in [-0.39, 0.29) is 6.61 Å². The summed E-state index contributed by atoms with van der Waals surface area (Å²) in [6, 6.07) is 7.39. The summed E-state index contributed by atoms with van der Waals surface area (Å²) in [5.41, 5.74) is 1.72. The maximum Gasteiger partial charge on any atom is 0.120 e. The van der Waals surface area contributed by atoms with E-state index in [9.17, 15) is 5.11 Å². The lowest BCUT2D eigenvalue weighted by Crippen LogP contribution is -2.10. The van der Waals surface area contributed by atoms with Crippen molar-refractivity contribution in [1.29, 1.82) is 0 Å². The van der Waals surface area contributed by atoms with Gasteiger partial charge in [0.15, 0.2) is 0 Å². The number of phenols is 1. The highest BCUT2D eigenvalue weighted by atomic mass is 16.3. The van der Waals surface area contributed by atoms with Gasteiger partial charge in [0, 0.05) is 12.1 Å². The van der Waals surface area contributed by atoms with E-state index in [4.69, 9.17) is 5.11 Å². The molecule has 1 aromatic carbocycles. The molecule has 0 aliphatic heterocycles. The molecule has 0 bridgehead atoms. The number of rotatable bonds is 3. The van der Waals surface area contributed by atoms with Crippen molar-refractivity contribution in [2.24, 2.45) is 0 Å². The van der Waals surface area contributed by atoms with Gasteiger partial charge in [-0.2, -0.15) is 0 Å². The number of H-pyrrole nitrogens is 1. The lowest BCUT2D eigenvalue weighted by molar-refractivity contribution is 0.277. The molecule has 0 aliphatic carbocycles. The highest BCUT2D eigenvalue weighted by Crippen LogP contribution is 2.16. The minimum Gasteiger partial charge on any atom is -0.508 e. The Hall–Kier alpha value is -1.85. The van der Waals surface area contributed by atoms with Crippen molar-refractivity contribution in [3.63, 3.8) is 0 Å². The summed E-state index contributed by atoms with van der Waals surface area (Å²) in [4.78, 5) is 8.43. The van der Waals surface area contributed by atoms with E-state index in [0.29, 0.717) is 5.75 Å². The number of aromatic nitrogens is 2. The molecule has 5 nitrogen and oxygen atoms in total. The Morgan fingerprint density at radius 2 is 2.00 bits per heavy atom. The minimum absolute atomic E-state index is 0.0417. The van der Waals surface area contributed by atoms with Crippen LogP contribution in [0.25, 0.3) is 0 Å². The van der Waals surface area contributed by atoms with Crippen LogP contribution in [0.1, 0.15) is 11.3 Å². The third-order valence-corrected chi connectivity index (χ3v) is 2.20. The molecule has 3 N–H and O–H groups in total. The number of aromatic amines is 1. The Labute approximate surface area is 107 Å². The van der Waals surface area contributed by atoms with Crippen LogP contribution in [-0.4, -0.2) is 39.2 Å². The van der Waals surface area contributed by atoms with Crippen molar-refractivity contribution in [1.82, 2.24) is 14.9 Å². The zero-order chi connectivity index (χ0) is 13.4. The molecule has 0 saturated heterocycles. The minimum atomic E-state index is 0.0417. The van der Waals surface area contributed by atoms with Crippen LogP contribution in [-0.2, 0) is 13.2 Å². The van der Waals surface area contributed by atoms with Crippen LogP contribution in [0, 0.1) is 0 Å². The first-order chi connectivity index (χ1) is 8.63. The van der Waals surface area contributed by atoms with Gasteiger partial charge in [-0.25, -0.2) is 4.98 Å². The molecular formula is C13H19N3O2. The molecule has 0 atom stereocenters. The molecule has 2 aromatic rings. The van der Waals surface area contributed by atoms with E-state index >= 15 is 0 Å². The summed E-state index contributed by atoms with van der Waals surface area (Å²) in [5.74, 6) is 0.376. The van der Waals surface area contributed by atoms with Crippen molar-refractivity contribution >= 4 is 0 Å². The quantitative estimate of drug-likeness (QED) is 0.768. The number of hydrogen-bond donors (Lipinski definition) is 3. The summed E-state index contributed by atoms with van der Waals surface area (Å²) in [5, 5.41) is 17.7.